The van der Waals surface area contributed by atoms with E-state index in [1.807, 2.05) is 53.4 Å². The number of aromatic amines is 1. The number of nitrogens with zero attached hydrogens (tertiary/aromatic N) is 1. The number of amides is 2. The average molecular weight is 416 g/mol. The maximum Gasteiger partial charge on any atom is 0.270 e. The van der Waals surface area contributed by atoms with Gasteiger partial charge in [0.25, 0.3) is 11.8 Å². The third kappa shape index (κ3) is 2.72. The Labute approximate surface area is 179 Å². The van der Waals surface area contributed by atoms with Crippen LogP contribution in [0.15, 0.2) is 48.5 Å². The van der Waals surface area contributed by atoms with Crippen molar-refractivity contribution in [1.29, 1.82) is 0 Å². The molecule has 158 valence electrons. The summed E-state index contributed by atoms with van der Waals surface area (Å²) in [6.45, 7) is 1.33. The summed E-state index contributed by atoms with van der Waals surface area (Å²) in [6.07, 6.45) is 1.85. The van der Waals surface area contributed by atoms with Crippen LogP contribution < -0.4 is 15.4 Å². The predicted molar refractivity (Wildman–Crippen MR) is 117 cm³/mol. The number of nitrogens with one attached hydrogen (secondary N) is 3. The van der Waals surface area contributed by atoms with E-state index in [4.69, 9.17) is 4.74 Å². The summed E-state index contributed by atoms with van der Waals surface area (Å²) in [5.74, 6) is 1.27. The average Bonchev–Trinajstić information content (AvgIpc) is 3.48. The van der Waals surface area contributed by atoms with E-state index in [-0.39, 0.29) is 17.7 Å². The van der Waals surface area contributed by atoms with E-state index in [2.05, 4.69) is 15.6 Å². The molecule has 31 heavy (non-hydrogen) atoms. The van der Waals surface area contributed by atoms with Gasteiger partial charge in [0.1, 0.15) is 17.1 Å². The third-order valence-electron chi connectivity index (χ3n) is 7.20. The van der Waals surface area contributed by atoms with Gasteiger partial charge in [0.15, 0.2) is 0 Å². The van der Waals surface area contributed by atoms with Gasteiger partial charge in [-0.25, -0.2) is 0 Å². The Balaban J connectivity index is 1.26. The van der Waals surface area contributed by atoms with Crippen molar-refractivity contribution in [2.24, 2.45) is 11.8 Å². The molecule has 3 aliphatic rings. The van der Waals surface area contributed by atoms with Gasteiger partial charge in [-0.1, -0.05) is 12.1 Å². The van der Waals surface area contributed by atoms with Crippen LogP contribution in [0.4, 0.5) is 5.69 Å². The van der Waals surface area contributed by atoms with Crippen LogP contribution in [-0.4, -0.2) is 47.6 Å². The lowest BCUT2D eigenvalue weighted by atomic mass is 9.89. The number of hydrogen-bond acceptors (Lipinski definition) is 4. The number of ether oxygens (including phenoxy) is 1. The number of anilines is 1. The molecule has 7 heteroatoms. The molecule has 0 bridgehead atoms. The van der Waals surface area contributed by atoms with Gasteiger partial charge in [0.2, 0.25) is 0 Å². The highest BCUT2D eigenvalue weighted by molar-refractivity contribution is 6.02. The number of rotatable bonds is 2. The first-order valence-electron chi connectivity index (χ1n) is 10.7. The summed E-state index contributed by atoms with van der Waals surface area (Å²) >= 11 is 0. The molecule has 1 spiro atoms. The Morgan fingerprint density at radius 2 is 2.00 bits per heavy atom. The second-order valence-electron chi connectivity index (χ2n) is 8.85. The number of fused-ring (bicyclic) bond motifs is 4. The van der Waals surface area contributed by atoms with Gasteiger partial charge < -0.3 is 25.3 Å². The minimum atomic E-state index is -0.487. The van der Waals surface area contributed by atoms with E-state index in [0.29, 0.717) is 30.3 Å². The van der Waals surface area contributed by atoms with Crippen molar-refractivity contribution >= 4 is 28.4 Å². The first-order valence-corrected chi connectivity index (χ1v) is 10.7. The van der Waals surface area contributed by atoms with E-state index in [1.165, 1.54) is 0 Å². The summed E-state index contributed by atoms with van der Waals surface area (Å²) in [5, 5.41) is 7.84. The minimum absolute atomic E-state index is 0.00209. The highest BCUT2D eigenvalue weighted by Gasteiger charge is 2.55. The Morgan fingerprint density at radius 3 is 2.87 bits per heavy atom. The lowest BCUT2D eigenvalue weighted by Gasteiger charge is -2.41. The molecule has 2 amide bonds. The van der Waals surface area contributed by atoms with Crippen LogP contribution in [0.1, 0.15) is 33.7 Å². The number of para-hydroxylation sites is 1. The molecular weight excluding hydrogens is 392 g/mol. The lowest BCUT2D eigenvalue weighted by Crippen LogP contribution is -2.61. The normalized spacial score (nSPS) is 26.5. The molecule has 3 N–H and O–H groups in total. The molecule has 1 aliphatic carbocycles. The molecule has 0 unspecified atom stereocenters. The van der Waals surface area contributed by atoms with Gasteiger partial charge in [-0.2, -0.15) is 0 Å². The molecule has 2 aliphatic heterocycles. The van der Waals surface area contributed by atoms with E-state index in [9.17, 15) is 9.59 Å². The highest BCUT2D eigenvalue weighted by atomic mass is 16.5. The molecule has 0 radical (unpaired) electrons. The Kier molecular flexibility index (Phi) is 3.84. The number of H-pyrrole nitrogens is 1. The first-order chi connectivity index (χ1) is 15.1. The van der Waals surface area contributed by atoms with Crippen LogP contribution in [0.25, 0.3) is 10.9 Å². The van der Waals surface area contributed by atoms with Gasteiger partial charge in [-0.05, 0) is 49.1 Å². The zero-order valence-electron chi connectivity index (χ0n) is 17.3. The van der Waals surface area contributed by atoms with Crippen molar-refractivity contribution in [3.8, 4) is 5.75 Å². The van der Waals surface area contributed by atoms with Crippen LogP contribution in [0.2, 0.25) is 0 Å². The quantitative estimate of drug-likeness (QED) is 0.599. The van der Waals surface area contributed by atoms with Crippen molar-refractivity contribution in [3.63, 3.8) is 0 Å². The summed E-state index contributed by atoms with van der Waals surface area (Å²) < 4.78 is 5.28. The van der Waals surface area contributed by atoms with Gasteiger partial charge in [0.05, 0.1) is 12.7 Å². The number of methoxy groups -OCH3 is 1. The number of carbonyl (C=O) groups is 2. The maximum absolute atomic E-state index is 13.3. The first kappa shape index (κ1) is 18.3. The SMILES string of the molecule is COc1ccc2cc(C(=O)N3C[C@H]4CC[C@]5(NC(=O)c6ccccc6N5)[C@H]4C3)[nH]c2c1. The monoisotopic (exact) mass is 416 g/mol. The Hall–Kier alpha value is -3.48. The lowest BCUT2D eigenvalue weighted by molar-refractivity contribution is 0.0763. The maximum atomic E-state index is 13.3. The van der Waals surface area contributed by atoms with Crippen LogP contribution >= 0.6 is 0 Å². The molecule has 3 heterocycles. The van der Waals surface area contributed by atoms with Crippen molar-refractivity contribution in [3.05, 3.63) is 59.8 Å². The second kappa shape index (κ2) is 6.51. The molecule has 3 aromatic rings. The molecular formula is C24H24N4O3. The zero-order chi connectivity index (χ0) is 21.2. The number of carbonyl (C=O) groups excluding carboxylic acids is 2. The van der Waals surface area contributed by atoms with Crippen molar-refractivity contribution in [2.75, 3.05) is 25.5 Å². The van der Waals surface area contributed by atoms with Crippen LogP contribution in [-0.2, 0) is 0 Å². The molecule has 2 fully saturated rings. The minimum Gasteiger partial charge on any atom is -0.497 e. The van der Waals surface area contributed by atoms with Gasteiger partial charge in [-0.3, -0.25) is 9.59 Å². The van der Waals surface area contributed by atoms with Crippen LogP contribution in [0.3, 0.4) is 0 Å². The number of aromatic nitrogens is 1. The van der Waals surface area contributed by atoms with E-state index < -0.39 is 5.66 Å². The summed E-state index contributed by atoms with van der Waals surface area (Å²) in [5.41, 5.74) is 2.54. The van der Waals surface area contributed by atoms with Gasteiger partial charge in [-0.15, -0.1) is 0 Å². The molecule has 6 rings (SSSR count). The zero-order valence-corrected chi connectivity index (χ0v) is 17.3. The largest absolute Gasteiger partial charge is 0.497 e. The molecule has 1 saturated carbocycles. The summed E-state index contributed by atoms with van der Waals surface area (Å²) in [7, 11) is 1.63. The summed E-state index contributed by atoms with van der Waals surface area (Å²) in [6, 6.07) is 15.3. The van der Waals surface area contributed by atoms with E-state index in [1.54, 1.807) is 7.11 Å². The number of hydrogen-bond donors (Lipinski definition) is 3. The van der Waals surface area contributed by atoms with E-state index >= 15 is 0 Å². The highest BCUT2D eigenvalue weighted by Crippen LogP contribution is 2.47. The van der Waals surface area contributed by atoms with Crippen LogP contribution in [0.5, 0.6) is 5.75 Å². The Bertz CT molecular complexity index is 1220. The number of benzene rings is 2. The van der Waals surface area contributed by atoms with Crippen molar-refractivity contribution < 1.29 is 14.3 Å². The number of likely N-dealkylation sites (tertiary alicyclic amines) is 1. The third-order valence-corrected chi connectivity index (χ3v) is 7.20. The fourth-order valence-electron chi connectivity index (χ4n) is 5.65. The molecule has 1 aromatic heterocycles. The molecule has 1 saturated heterocycles. The fourth-order valence-corrected chi connectivity index (χ4v) is 5.65. The smallest absolute Gasteiger partial charge is 0.270 e. The second-order valence-corrected chi connectivity index (χ2v) is 8.85. The molecule has 2 aromatic carbocycles. The standard InChI is InChI=1S/C24H24N4O3/c1-31-16-7-6-14-10-21(25-20(14)11-16)23(30)28-12-15-8-9-24(18(15)13-28)26-19-5-3-2-4-17(19)22(29)27-24/h2-7,10-11,15,18,25-26H,8-9,12-13H2,1H3,(H,27,29)/t15-,18+,24+/m1/s1. The fraction of sp³-hybridized carbons (Fsp3) is 0.333. The molecule has 3 atom stereocenters. The molecule has 7 nitrogen and oxygen atoms in total. The van der Waals surface area contributed by atoms with Crippen molar-refractivity contribution in [2.45, 2.75) is 18.5 Å². The van der Waals surface area contributed by atoms with Crippen LogP contribution in [0, 0.1) is 11.8 Å². The Morgan fingerprint density at radius 1 is 1.13 bits per heavy atom. The predicted octanol–water partition coefficient (Wildman–Crippen LogP) is 3.21. The van der Waals surface area contributed by atoms with Gasteiger partial charge in [0, 0.05) is 41.7 Å². The topological polar surface area (TPSA) is 86.5 Å². The van der Waals surface area contributed by atoms with Crippen molar-refractivity contribution in [1.82, 2.24) is 15.2 Å². The summed E-state index contributed by atoms with van der Waals surface area (Å²) in [4.78, 5) is 31.2. The van der Waals surface area contributed by atoms with E-state index in [0.717, 1.165) is 35.2 Å². The van der Waals surface area contributed by atoms with Gasteiger partial charge >= 0.3 is 0 Å².